The molecule has 35 heavy (non-hydrogen) atoms. The van der Waals surface area contributed by atoms with Crippen LogP contribution >= 0.6 is 0 Å². The lowest BCUT2D eigenvalue weighted by atomic mass is 10.0. The summed E-state index contributed by atoms with van der Waals surface area (Å²) in [7, 11) is 0. The quantitative estimate of drug-likeness (QED) is 0.261. The number of benzene rings is 3. The van der Waals surface area contributed by atoms with E-state index in [9.17, 15) is 4.39 Å². The molecule has 0 spiro atoms. The van der Waals surface area contributed by atoms with Crippen LogP contribution < -0.4 is 0 Å². The van der Waals surface area contributed by atoms with Gasteiger partial charge in [-0.1, -0.05) is 32.0 Å². The van der Waals surface area contributed by atoms with Gasteiger partial charge in [0, 0.05) is 34.1 Å². The first-order chi connectivity index (χ1) is 17.3. The summed E-state index contributed by atoms with van der Waals surface area (Å²) in [6, 6.07) is 22.5. The molecule has 0 aliphatic rings. The normalized spacial score (nSPS) is 11.3. The molecule has 0 saturated carbocycles. The van der Waals surface area contributed by atoms with Gasteiger partial charge < -0.3 is 9.97 Å². The third kappa shape index (κ3) is 3.26. The van der Waals surface area contributed by atoms with Gasteiger partial charge in [-0.25, -0.2) is 9.37 Å². The molecule has 0 aliphatic carbocycles. The number of nitrogens with zero attached hydrogens (tertiary/aromatic N) is 3. The van der Waals surface area contributed by atoms with Crippen LogP contribution in [-0.2, 0) is 0 Å². The lowest BCUT2D eigenvalue weighted by Crippen LogP contribution is -1.86. The van der Waals surface area contributed by atoms with Gasteiger partial charge in [-0.05, 0) is 60.2 Å². The Hall–Kier alpha value is -4.58. The Kier molecular flexibility index (Phi) is 4.99. The highest BCUT2D eigenvalue weighted by molar-refractivity contribution is 6.21. The van der Waals surface area contributed by atoms with E-state index in [0.717, 1.165) is 66.4 Å². The Labute approximate surface area is 200 Å². The molecule has 0 atom stereocenters. The molecule has 0 radical (unpaired) electrons. The molecule has 2 N–H and O–H groups in total. The Balaban J connectivity index is 0.00000112. The predicted octanol–water partition coefficient (Wildman–Crippen LogP) is 7.64. The number of halogens is 1. The molecule has 4 heterocycles. The van der Waals surface area contributed by atoms with E-state index < -0.39 is 0 Å². The molecule has 7 aromatic rings. The molecule has 0 bridgehead atoms. The standard InChI is InChI=1S/C27H16FN5.C2H6/c28-16-11-9-15(10-12-16)22-21(17-5-1-2-8-20(17)31-22)27-32-25-18-6-3-13-29-23(18)24-19(26(25)33-27)7-4-14-30-24;1-2/h1-14,31H,(H,32,33);1-2H3. The maximum atomic E-state index is 13.6. The fraction of sp³-hybridized carbons (Fsp3) is 0.0690. The largest absolute Gasteiger partial charge is 0.354 e. The number of H-pyrrole nitrogens is 2. The topological polar surface area (TPSA) is 70.2 Å². The number of pyridine rings is 2. The SMILES string of the molecule is CC.Fc1ccc(-c2[nH]c3ccccc3c2-c2nc3c4cccnc4c4ncccc4c3[nH]2)cc1. The molecule has 0 fully saturated rings. The van der Waals surface area contributed by atoms with Crippen molar-refractivity contribution in [3.63, 3.8) is 0 Å². The Bertz CT molecular complexity index is 1760. The highest BCUT2D eigenvalue weighted by Crippen LogP contribution is 2.40. The van der Waals surface area contributed by atoms with Crippen molar-refractivity contribution in [1.82, 2.24) is 24.9 Å². The lowest BCUT2D eigenvalue weighted by Gasteiger charge is -2.03. The summed E-state index contributed by atoms with van der Waals surface area (Å²) in [6.07, 6.45) is 3.56. The molecule has 3 aromatic carbocycles. The smallest absolute Gasteiger partial charge is 0.141 e. The highest BCUT2D eigenvalue weighted by Gasteiger charge is 2.20. The van der Waals surface area contributed by atoms with Gasteiger partial charge >= 0.3 is 0 Å². The number of aromatic nitrogens is 5. The van der Waals surface area contributed by atoms with Crippen molar-refractivity contribution in [3.05, 3.63) is 91.0 Å². The summed E-state index contributed by atoms with van der Waals surface area (Å²) in [6.45, 7) is 4.00. The first kappa shape index (κ1) is 21.0. The van der Waals surface area contributed by atoms with Crippen LogP contribution in [0.25, 0.3) is 66.4 Å². The second-order valence-corrected chi connectivity index (χ2v) is 8.04. The van der Waals surface area contributed by atoms with Gasteiger partial charge in [0.2, 0.25) is 0 Å². The van der Waals surface area contributed by atoms with E-state index in [4.69, 9.17) is 4.98 Å². The highest BCUT2D eigenvalue weighted by atomic mass is 19.1. The Morgan fingerprint density at radius 2 is 1.31 bits per heavy atom. The molecule has 6 heteroatoms. The van der Waals surface area contributed by atoms with Crippen LogP contribution in [0.2, 0.25) is 0 Å². The minimum Gasteiger partial charge on any atom is -0.354 e. The zero-order chi connectivity index (χ0) is 23.9. The fourth-order valence-electron chi connectivity index (χ4n) is 4.68. The lowest BCUT2D eigenvalue weighted by molar-refractivity contribution is 0.628. The van der Waals surface area contributed by atoms with Crippen molar-refractivity contribution in [2.24, 2.45) is 0 Å². The van der Waals surface area contributed by atoms with Crippen LogP contribution in [0.3, 0.4) is 0 Å². The van der Waals surface area contributed by atoms with Crippen LogP contribution in [0.5, 0.6) is 0 Å². The summed E-state index contributed by atoms with van der Waals surface area (Å²) in [5.74, 6) is 0.473. The van der Waals surface area contributed by atoms with Gasteiger partial charge in [0.1, 0.15) is 11.6 Å². The van der Waals surface area contributed by atoms with Crippen LogP contribution in [-0.4, -0.2) is 24.9 Å². The average molecular weight is 460 g/mol. The molecule has 4 aromatic heterocycles. The van der Waals surface area contributed by atoms with E-state index >= 15 is 0 Å². The number of aromatic amines is 2. The Morgan fingerprint density at radius 1 is 0.657 bits per heavy atom. The van der Waals surface area contributed by atoms with Crippen molar-refractivity contribution >= 4 is 43.7 Å². The summed E-state index contributed by atoms with van der Waals surface area (Å²) in [4.78, 5) is 21.4. The Morgan fingerprint density at radius 3 is 2.09 bits per heavy atom. The number of hydrogen-bond donors (Lipinski definition) is 2. The van der Waals surface area contributed by atoms with Crippen molar-refractivity contribution < 1.29 is 4.39 Å². The van der Waals surface area contributed by atoms with Gasteiger partial charge in [0.25, 0.3) is 0 Å². The average Bonchev–Trinajstić information content (AvgIpc) is 3.53. The van der Waals surface area contributed by atoms with E-state index in [1.165, 1.54) is 12.1 Å². The minimum absolute atomic E-state index is 0.266. The number of imidazole rings is 1. The van der Waals surface area contributed by atoms with Gasteiger partial charge in [-0.3, -0.25) is 9.97 Å². The van der Waals surface area contributed by atoms with Crippen LogP contribution in [0, 0.1) is 5.82 Å². The maximum Gasteiger partial charge on any atom is 0.141 e. The van der Waals surface area contributed by atoms with Gasteiger partial charge in [-0.15, -0.1) is 0 Å². The monoisotopic (exact) mass is 459 g/mol. The van der Waals surface area contributed by atoms with E-state index in [-0.39, 0.29) is 5.82 Å². The summed E-state index contributed by atoms with van der Waals surface area (Å²) in [5.41, 5.74) is 7.16. The molecule has 170 valence electrons. The number of rotatable bonds is 2. The number of hydrogen-bond acceptors (Lipinski definition) is 3. The van der Waals surface area contributed by atoms with E-state index in [0.29, 0.717) is 0 Å². The van der Waals surface area contributed by atoms with E-state index in [2.05, 4.69) is 26.0 Å². The van der Waals surface area contributed by atoms with Crippen LogP contribution in [0.1, 0.15) is 13.8 Å². The van der Waals surface area contributed by atoms with Crippen molar-refractivity contribution in [1.29, 1.82) is 0 Å². The van der Waals surface area contributed by atoms with Crippen LogP contribution in [0.15, 0.2) is 85.2 Å². The van der Waals surface area contributed by atoms with E-state index in [1.807, 2.05) is 56.3 Å². The third-order valence-corrected chi connectivity index (χ3v) is 6.14. The first-order valence-electron chi connectivity index (χ1n) is 11.7. The fourth-order valence-corrected chi connectivity index (χ4v) is 4.68. The zero-order valence-corrected chi connectivity index (χ0v) is 19.3. The molecule has 0 saturated heterocycles. The molecule has 0 unspecified atom stereocenters. The van der Waals surface area contributed by atoms with E-state index in [1.54, 1.807) is 24.5 Å². The van der Waals surface area contributed by atoms with Crippen molar-refractivity contribution in [3.8, 4) is 22.6 Å². The number of nitrogens with one attached hydrogen (secondary N) is 2. The summed E-state index contributed by atoms with van der Waals surface area (Å²) in [5, 5.41) is 2.96. The second kappa shape index (κ2) is 8.33. The summed E-state index contributed by atoms with van der Waals surface area (Å²) >= 11 is 0. The molecule has 5 nitrogen and oxygen atoms in total. The van der Waals surface area contributed by atoms with Crippen LogP contribution in [0.4, 0.5) is 4.39 Å². The van der Waals surface area contributed by atoms with Gasteiger partial charge in [0.15, 0.2) is 0 Å². The third-order valence-electron chi connectivity index (χ3n) is 6.14. The summed E-state index contributed by atoms with van der Waals surface area (Å²) < 4.78 is 13.6. The molecule has 0 aliphatic heterocycles. The molecule has 0 amide bonds. The zero-order valence-electron chi connectivity index (χ0n) is 19.3. The minimum atomic E-state index is -0.266. The molecular weight excluding hydrogens is 437 g/mol. The van der Waals surface area contributed by atoms with Crippen molar-refractivity contribution in [2.75, 3.05) is 0 Å². The number of fused-ring (bicyclic) bond motifs is 7. The first-order valence-corrected chi connectivity index (χ1v) is 11.7. The number of para-hydroxylation sites is 1. The molecule has 7 rings (SSSR count). The molecular formula is C29H22FN5. The van der Waals surface area contributed by atoms with Crippen molar-refractivity contribution in [2.45, 2.75) is 13.8 Å². The predicted molar refractivity (Wildman–Crippen MR) is 141 cm³/mol. The maximum absolute atomic E-state index is 13.6. The second-order valence-electron chi connectivity index (χ2n) is 8.04. The van der Waals surface area contributed by atoms with Gasteiger partial charge in [-0.2, -0.15) is 0 Å². The van der Waals surface area contributed by atoms with Gasteiger partial charge in [0.05, 0.1) is 33.3 Å².